The van der Waals surface area contributed by atoms with E-state index in [0.717, 1.165) is 5.56 Å². The zero-order valence-corrected chi connectivity index (χ0v) is 9.84. The van der Waals surface area contributed by atoms with Gasteiger partial charge in [-0.2, -0.15) is 0 Å². The number of nitrogens with zero attached hydrogens (tertiary/aromatic N) is 1. The van der Waals surface area contributed by atoms with Gasteiger partial charge in [0.05, 0.1) is 12.6 Å². The number of likely N-dealkylation sites (N-methyl/N-ethyl adjacent to an activating group) is 1. The number of benzene rings is 1. The van der Waals surface area contributed by atoms with Gasteiger partial charge in [0.1, 0.15) is 5.75 Å². The fraction of sp³-hybridized carbons (Fsp3) is 0.417. The predicted octanol–water partition coefficient (Wildman–Crippen LogP) is -0.287. The molecule has 0 saturated carbocycles. The van der Waals surface area contributed by atoms with E-state index in [1.807, 2.05) is 0 Å². The molecule has 94 valence electrons. The van der Waals surface area contributed by atoms with Crippen LogP contribution in [-0.2, 0) is 11.2 Å². The molecule has 0 bridgehead atoms. The van der Waals surface area contributed by atoms with Crippen LogP contribution in [0.4, 0.5) is 0 Å². The molecule has 1 amide bonds. The molecule has 5 nitrogen and oxygen atoms in total. The number of amides is 1. The predicted molar refractivity (Wildman–Crippen MR) is 64.5 cm³/mol. The number of hydrogen-bond donors (Lipinski definition) is 3. The highest BCUT2D eigenvalue weighted by atomic mass is 16.3. The first-order valence-electron chi connectivity index (χ1n) is 5.44. The lowest BCUT2D eigenvalue weighted by Gasteiger charge is -2.20. The largest absolute Gasteiger partial charge is 0.508 e. The van der Waals surface area contributed by atoms with Gasteiger partial charge >= 0.3 is 0 Å². The Kier molecular flexibility index (Phi) is 4.93. The first-order chi connectivity index (χ1) is 8.04. The highest BCUT2D eigenvalue weighted by Gasteiger charge is 2.17. The fourth-order valence-corrected chi connectivity index (χ4v) is 1.52. The van der Waals surface area contributed by atoms with Crippen LogP contribution in [0.25, 0.3) is 0 Å². The van der Waals surface area contributed by atoms with Gasteiger partial charge in [0, 0.05) is 13.6 Å². The average molecular weight is 238 g/mol. The Balaban J connectivity index is 2.56. The summed E-state index contributed by atoms with van der Waals surface area (Å²) in [5.74, 6) is -0.0156. The molecular formula is C12H18N2O3. The SMILES string of the molecule is CN(CCO)C(=O)C(N)Cc1ccc(O)cc1. The van der Waals surface area contributed by atoms with Crippen molar-refractivity contribution < 1.29 is 15.0 Å². The van der Waals surface area contributed by atoms with E-state index < -0.39 is 6.04 Å². The third kappa shape index (κ3) is 4.05. The van der Waals surface area contributed by atoms with Crippen LogP contribution in [0.2, 0.25) is 0 Å². The normalized spacial score (nSPS) is 12.2. The van der Waals surface area contributed by atoms with Gasteiger partial charge in [0.15, 0.2) is 0 Å². The molecular weight excluding hydrogens is 220 g/mol. The van der Waals surface area contributed by atoms with Gasteiger partial charge in [-0.1, -0.05) is 12.1 Å². The molecule has 5 heteroatoms. The summed E-state index contributed by atoms with van der Waals surface area (Å²) in [7, 11) is 1.61. The second-order valence-corrected chi connectivity index (χ2v) is 3.96. The van der Waals surface area contributed by atoms with E-state index in [0.29, 0.717) is 6.42 Å². The number of hydrogen-bond acceptors (Lipinski definition) is 4. The third-order valence-electron chi connectivity index (χ3n) is 2.52. The van der Waals surface area contributed by atoms with Crippen molar-refractivity contribution >= 4 is 5.91 Å². The van der Waals surface area contributed by atoms with Crippen molar-refractivity contribution in [2.45, 2.75) is 12.5 Å². The quantitative estimate of drug-likeness (QED) is 0.658. The Morgan fingerprint density at radius 3 is 2.53 bits per heavy atom. The highest BCUT2D eigenvalue weighted by molar-refractivity contribution is 5.81. The van der Waals surface area contributed by atoms with Crippen molar-refractivity contribution in [3.05, 3.63) is 29.8 Å². The first kappa shape index (κ1) is 13.5. The number of carbonyl (C=O) groups is 1. The molecule has 0 radical (unpaired) electrons. The van der Waals surface area contributed by atoms with Crippen LogP contribution >= 0.6 is 0 Å². The van der Waals surface area contributed by atoms with Crippen molar-refractivity contribution in [3.63, 3.8) is 0 Å². The van der Waals surface area contributed by atoms with Crippen LogP contribution in [0.5, 0.6) is 5.75 Å². The molecule has 4 N–H and O–H groups in total. The molecule has 0 aliphatic carbocycles. The summed E-state index contributed by atoms with van der Waals surface area (Å²) < 4.78 is 0. The van der Waals surface area contributed by atoms with E-state index in [1.165, 1.54) is 4.90 Å². The lowest BCUT2D eigenvalue weighted by molar-refractivity contribution is -0.131. The number of carbonyl (C=O) groups excluding carboxylic acids is 1. The summed E-state index contributed by atoms with van der Waals surface area (Å²) in [4.78, 5) is 13.2. The number of nitrogens with two attached hydrogens (primary N) is 1. The van der Waals surface area contributed by atoms with Gasteiger partial charge in [-0.05, 0) is 24.1 Å². The molecule has 0 spiro atoms. The highest BCUT2D eigenvalue weighted by Crippen LogP contribution is 2.11. The van der Waals surface area contributed by atoms with E-state index in [1.54, 1.807) is 31.3 Å². The fourth-order valence-electron chi connectivity index (χ4n) is 1.52. The Morgan fingerprint density at radius 1 is 1.41 bits per heavy atom. The van der Waals surface area contributed by atoms with Crippen molar-refractivity contribution in [1.29, 1.82) is 0 Å². The molecule has 1 unspecified atom stereocenters. The van der Waals surface area contributed by atoms with Crippen molar-refractivity contribution in [3.8, 4) is 5.75 Å². The van der Waals surface area contributed by atoms with Crippen molar-refractivity contribution in [2.75, 3.05) is 20.2 Å². The third-order valence-corrected chi connectivity index (χ3v) is 2.52. The van der Waals surface area contributed by atoms with Crippen LogP contribution in [0, 0.1) is 0 Å². The topological polar surface area (TPSA) is 86.8 Å². The van der Waals surface area contributed by atoms with E-state index in [4.69, 9.17) is 15.9 Å². The molecule has 0 aromatic heterocycles. The average Bonchev–Trinajstić information content (AvgIpc) is 2.31. The molecule has 0 saturated heterocycles. The molecule has 17 heavy (non-hydrogen) atoms. The van der Waals surface area contributed by atoms with Crippen molar-refractivity contribution in [1.82, 2.24) is 4.90 Å². The molecule has 0 heterocycles. The first-order valence-corrected chi connectivity index (χ1v) is 5.44. The monoisotopic (exact) mass is 238 g/mol. The van der Waals surface area contributed by atoms with Crippen LogP contribution in [0.15, 0.2) is 24.3 Å². The number of aromatic hydroxyl groups is 1. The zero-order valence-electron chi connectivity index (χ0n) is 9.84. The van der Waals surface area contributed by atoms with Gasteiger partial charge in [-0.3, -0.25) is 4.79 Å². The standard InChI is InChI=1S/C12H18N2O3/c1-14(6-7-15)12(17)11(13)8-9-2-4-10(16)5-3-9/h2-5,11,15-16H,6-8,13H2,1H3. The molecule has 1 aromatic carbocycles. The molecule has 0 aliphatic heterocycles. The second kappa shape index (κ2) is 6.22. The lowest BCUT2D eigenvalue weighted by atomic mass is 10.1. The summed E-state index contributed by atoms with van der Waals surface area (Å²) in [6.07, 6.45) is 0.412. The minimum Gasteiger partial charge on any atom is -0.508 e. The van der Waals surface area contributed by atoms with Crippen LogP contribution in [0.1, 0.15) is 5.56 Å². The van der Waals surface area contributed by atoms with Crippen LogP contribution < -0.4 is 5.73 Å². The zero-order chi connectivity index (χ0) is 12.8. The number of rotatable bonds is 5. The van der Waals surface area contributed by atoms with Crippen molar-refractivity contribution in [2.24, 2.45) is 5.73 Å². The van der Waals surface area contributed by atoms with Gasteiger partial charge in [-0.25, -0.2) is 0 Å². The number of aliphatic hydroxyl groups excluding tert-OH is 1. The molecule has 0 aliphatic rings. The van der Waals surface area contributed by atoms with E-state index in [-0.39, 0.29) is 24.8 Å². The van der Waals surface area contributed by atoms with E-state index in [2.05, 4.69) is 0 Å². The van der Waals surface area contributed by atoms with E-state index in [9.17, 15) is 4.79 Å². The number of phenols is 1. The molecule has 1 aromatic rings. The van der Waals surface area contributed by atoms with Crippen LogP contribution in [-0.4, -0.2) is 47.3 Å². The second-order valence-electron chi connectivity index (χ2n) is 3.96. The summed E-state index contributed by atoms with van der Waals surface area (Å²) in [6, 6.07) is 5.95. The Hall–Kier alpha value is -1.59. The minimum atomic E-state index is -0.629. The summed E-state index contributed by atoms with van der Waals surface area (Å²) in [6.45, 7) is 0.205. The Morgan fingerprint density at radius 2 is 2.00 bits per heavy atom. The van der Waals surface area contributed by atoms with Gasteiger partial charge < -0.3 is 20.8 Å². The minimum absolute atomic E-state index is 0.0752. The van der Waals surface area contributed by atoms with E-state index >= 15 is 0 Å². The van der Waals surface area contributed by atoms with Gasteiger partial charge in [0.2, 0.25) is 5.91 Å². The van der Waals surface area contributed by atoms with Gasteiger partial charge in [-0.15, -0.1) is 0 Å². The Bertz CT molecular complexity index is 365. The van der Waals surface area contributed by atoms with Crippen LogP contribution in [0.3, 0.4) is 0 Å². The van der Waals surface area contributed by atoms with Gasteiger partial charge in [0.25, 0.3) is 0 Å². The molecule has 1 atom stereocenters. The maximum Gasteiger partial charge on any atom is 0.239 e. The maximum atomic E-state index is 11.7. The smallest absolute Gasteiger partial charge is 0.239 e. The summed E-state index contributed by atoms with van der Waals surface area (Å²) >= 11 is 0. The molecule has 1 rings (SSSR count). The summed E-state index contributed by atoms with van der Waals surface area (Å²) in [5, 5.41) is 17.8. The lowest BCUT2D eigenvalue weighted by Crippen LogP contribution is -2.44. The maximum absolute atomic E-state index is 11.7. The summed E-state index contributed by atoms with van der Waals surface area (Å²) in [5.41, 5.74) is 6.67. The number of aliphatic hydroxyl groups is 1. The number of phenolic OH excluding ortho intramolecular Hbond substituents is 1. The molecule has 0 fully saturated rings. The Labute approximate surface area is 100 Å².